The molecule has 0 spiro atoms. The summed E-state index contributed by atoms with van der Waals surface area (Å²) in [6.45, 7) is 5.51. The number of nitrogens with zero attached hydrogens (tertiary/aromatic N) is 2. The molecular formula is C20H33N3O4. The van der Waals surface area contributed by atoms with E-state index in [2.05, 4.69) is 5.32 Å². The number of amides is 3. The zero-order valence-corrected chi connectivity index (χ0v) is 16.6. The molecule has 1 heterocycles. The van der Waals surface area contributed by atoms with Gasteiger partial charge in [0.2, 0.25) is 18.1 Å². The van der Waals surface area contributed by atoms with Crippen molar-refractivity contribution in [1.29, 1.82) is 0 Å². The highest BCUT2D eigenvalue weighted by atomic mass is 16.2. The molecule has 0 aromatic rings. The van der Waals surface area contributed by atoms with Crippen LogP contribution in [-0.2, 0) is 19.2 Å². The lowest BCUT2D eigenvalue weighted by Crippen LogP contribution is -2.49. The van der Waals surface area contributed by atoms with Crippen molar-refractivity contribution in [2.45, 2.75) is 64.8 Å². The van der Waals surface area contributed by atoms with Crippen molar-refractivity contribution in [2.75, 3.05) is 26.2 Å². The summed E-state index contributed by atoms with van der Waals surface area (Å²) in [4.78, 5) is 50.8. The van der Waals surface area contributed by atoms with Gasteiger partial charge in [0.15, 0.2) is 0 Å². The molecule has 0 aromatic carbocycles. The predicted molar refractivity (Wildman–Crippen MR) is 102 cm³/mol. The number of carbonyl (C=O) groups excluding carboxylic acids is 4. The molecule has 1 aliphatic heterocycles. The zero-order chi connectivity index (χ0) is 19.8. The molecule has 152 valence electrons. The van der Waals surface area contributed by atoms with Crippen molar-refractivity contribution in [1.82, 2.24) is 15.1 Å². The first-order valence-corrected chi connectivity index (χ1v) is 10.2. The van der Waals surface area contributed by atoms with Crippen LogP contribution in [-0.4, -0.2) is 66.0 Å². The van der Waals surface area contributed by atoms with Crippen molar-refractivity contribution in [3.05, 3.63) is 0 Å². The first kappa shape index (κ1) is 21.4. The largest absolute Gasteiger partial charge is 0.349 e. The summed E-state index contributed by atoms with van der Waals surface area (Å²) >= 11 is 0. The molecule has 7 heteroatoms. The minimum absolute atomic E-state index is 0.0684. The van der Waals surface area contributed by atoms with Gasteiger partial charge < -0.3 is 15.1 Å². The highest BCUT2D eigenvalue weighted by Crippen LogP contribution is 2.23. The lowest BCUT2D eigenvalue weighted by atomic mass is 9.89. The van der Waals surface area contributed by atoms with E-state index in [9.17, 15) is 19.2 Å². The van der Waals surface area contributed by atoms with Gasteiger partial charge in [-0.2, -0.15) is 0 Å². The minimum Gasteiger partial charge on any atom is -0.349 e. The van der Waals surface area contributed by atoms with Crippen LogP contribution in [0.3, 0.4) is 0 Å². The average molecular weight is 380 g/mol. The van der Waals surface area contributed by atoms with Gasteiger partial charge >= 0.3 is 0 Å². The molecule has 7 nitrogen and oxygen atoms in total. The highest BCUT2D eigenvalue weighted by molar-refractivity contribution is 6.38. The molecule has 1 saturated heterocycles. The number of ketones is 1. The van der Waals surface area contributed by atoms with E-state index in [1.807, 2.05) is 0 Å². The molecule has 1 N–H and O–H groups in total. The fraction of sp³-hybridized carbons (Fsp3) is 0.800. The maximum atomic E-state index is 12.4. The Morgan fingerprint density at radius 3 is 2.26 bits per heavy atom. The van der Waals surface area contributed by atoms with E-state index in [4.69, 9.17) is 0 Å². The molecule has 0 aromatic heterocycles. The van der Waals surface area contributed by atoms with Gasteiger partial charge in [-0.05, 0) is 44.4 Å². The van der Waals surface area contributed by atoms with Crippen molar-refractivity contribution in [3.8, 4) is 0 Å². The summed E-state index contributed by atoms with van der Waals surface area (Å²) < 4.78 is 0. The monoisotopic (exact) mass is 379 g/mol. The van der Waals surface area contributed by atoms with E-state index in [1.165, 1.54) is 24.2 Å². The van der Waals surface area contributed by atoms with Crippen molar-refractivity contribution < 1.29 is 19.2 Å². The number of Topliss-reactive ketones (excluding diaryl/α,β-unsaturated/α-hetero) is 1. The summed E-state index contributed by atoms with van der Waals surface area (Å²) in [6, 6.07) is -0.764. The van der Waals surface area contributed by atoms with Gasteiger partial charge in [0, 0.05) is 33.1 Å². The van der Waals surface area contributed by atoms with Crippen molar-refractivity contribution in [2.24, 2.45) is 11.8 Å². The predicted octanol–water partition coefficient (Wildman–Crippen LogP) is 1.36. The number of nitrogens with one attached hydrogen (secondary N) is 1. The molecule has 0 radical (unpaired) electrons. The topological polar surface area (TPSA) is 86.8 Å². The van der Waals surface area contributed by atoms with Crippen LogP contribution >= 0.6 is 0 Å². The number of piperidine rings is 1. The van der Waals surface area contributed by atoms with E-state index in [1.54, 1.807) is 18.7 Å². The normalized spacial score (nSPS) is 20.0. The van der Waals surface area contributed by atoms with Crippen LogP contribution in [0.2, 0.25) is 0 Å². The van der Waals surface area contributed by atoms with Crippen LogP contribution in [0, 0.1) is 11.8 Å². The van der Waals surface area contributed by atoms with E-state index in [0.29, 0.717) is 38.5 Å². The van der Waals surface area contributed by atoms with Gasteiger partial charge in [-0.3, -0.25) is 19.2 Å². The summed E-state index contributed by atoms with van der Waals surface area (Å²) in [5.41, 5.74) is 0. The molecule has 2 rings (SSSR count). The Balaban J connectivity index is 1.79. The van der Waals surface area contributed by atoms with Gasteiger partial charge in [0.25, 0.3) is 5.91 Å². The van der Waals surface area contributed by atoms with E-state index in [0.717, 1.165) is 25.7 Å². The summed E-state index contributed by atoms with van der Waals surface area (Å²) in [7, 11) is 0. The van der Waals surface area contributed by atoms with E-state index in [-0.39, 0.29) is 11.8 Å². The molecule has 2 fully saturated rings. The van der Waals surface area contributed by atoms with Crippen LogP contribution in [0.15, 0.2) is 0 Å². The standard InChI is InChI=1S/C20H33N3O4/c1-15(19(26)20(27)21-12-17-6-4-3-5-7-17)23(14-24)13-18-8-10-22(11-9-18)16(2)25/h14-15,17-18H,3-13H2,1-2H3,(H,21,27). The smallest absolute Gasteiger partial charge is 0.289 e. The summed E-state index contributed by atoms with van der Waals surface area (Å²) in [6.07, 6.45) is 8.09. The van der Waals surface area contributed by atoms with Gasteiger partial charge in [0.1, 0.15) is 0 Å². The Kier molecular flexibility index (Phi) is 8.25. The Hall–Kier alpha value is -1.92. The lowest BCUT2D eigenvalue weighted by molar-refractivity contribution is -0.142. The molecule has 1 aliphatic carbocycles. The Morgan fingerprint density at radius 2 is 1.70 bits per heavy atom. The van der Waals surface area contributed by atoms with Gasteiger partial charge in [0.05, 0.1) is 6.04 Å². The minimum atomic E-state index is -0.764. The fourth-order valence-corrected chi connectivity index (χ4v) is 4.08. The Labute approximate surface area is 161 Å². The second-order valence-corrected chi connectivity index (χ2v) is 8.01. The number of likely N-dealkylation sites (tertiary alicyclic amines) is 1. The summed E-state index contributed by atoms with van der Waals surface area (Å²) in [5, 5.41) is 2.76. The molecule has 3 amide bonds. The van der Waals surface area contributed by atoms with Crippen LogP contribution in [0.4, 0.5) is 0 Å². The fourth-order valence-electron chi connectivity index (χ4n) is 4.08. The quantitative estimate of drug-likeness (QED) is 0.510. The lowest BCUT2D eigenvalue weighted by Gasteiger charge is -2.34. The molecule has 2 aliphatic rings. The van der Waals surface area contributed by atoms with Gasteiger partial charge in [-0.25, -0.2) is 0 Å². The van der Waals surface area contributed by atoms with Crippen LogP contribution in [0.5, 0.6) is 0 Å². The molecule has 1 saturated carbocycles. The van der Waals surface area contributed by atoms with Crippen LogP contribution in [0.1, 0.15) is 58.8 Å². The maximum absolute atomic E-state index is 12.4. The van der Waals surface area contributed by atoms with E-state index >= 15 is 0 Å². The number of carbonyl (C=O) groups is 4. The number of hydrogen-bond donors (Lipinski definition) is 1. The van der Waals surface area contributed by atoms with Gasteiger partial charge in [-0.15, -0.1) is 0 Å². The maximum Gasteiger partial charge on any atom is 0.289 e. The number of rotatable bonds is 8. The molecular weight excluding hydrogens is 346 g/mol. The van der Waals surface area contributed by atoms with Crippen molar-refractivity contribution >= 4 is 24.0 Å². The first-order valence-electron chi connectivity index (χ1n) is 10.2. The van der Waals surface area contributed by atoms with Crippen LogP contribution < -0.4 is 5.32 Å². The third kappa shape index (κ3) is 6.33. The summed E-state index contributed by atoms with van der Waals surface area (Å²) in [5.74, 6) is -0.380. The van der Waals surface area contributed by atoms with Crippen LogP contribution in [0.25, 0.3) is 0 Å². The Morgan fingerprint density at radius 1 is 1.07 bits per heavy atom. The van der Waals surface area contributed by atoms with Gasteiger partial charge in [-0.1, -0.05) is 19.3 Å². The molecule has 0 bridgehead atoms. The third-order valence-electron chi connectivity index (χ3n) is 6.04. The third-order valence-corrected chi connectivity index (χ3v) is 6.04. The second kappa shape index (κ2) is 10.4. The number of hydrogen-bond acceptors (Lipinski definition) is 4. The SMILES string of the molecule is CC(=O)N1CCC(CN(C=O)C(C)C(=O)C(=O)NCC2CCCCC2)CC1. The average Bonchev–Trinajstić information content (AvgIpc) is 2.70. The van der Waals surface area contributed by atoms with E-state index < -0.39 is 17.7 Å². The zero-order valence-electron chi connectivity index (χ0n) is 16.6. The molecule has 1 unspecified atom stereocenters. The second-order valence-electron chi connectivity index (χ2n) is 8.01. The molecule has 1 atom stereocenters. The van der Waals surface area contributed by atoms with Crippen molar-refractivity contribution in [3.63, 3.8) is 0 Å². The highest BCUT2D eigenvalue weighted by Gasteiger charge is 2.29. The first-order chi connectivity index (χ1) is 12.9. The Bertz CT molecular complexity index is 537. The molecule has 27 heavy (non-hydrogen) atoms.